The Balaban J connectivity index is 1.66. The van der Waals surface area contributed by atoms with E-state index in [1.807, 2.05) is 18.2 Å². The van der Waals surface area contributed by atoms with Gasteiger partial charge in [-0.1, -0.05) is 17.8 Å². The molecule has 0 unspecified atom stereocenters. The number of benzene rings is 1. The number of pyridine rings is 1. The van der Waals surface area contributed by atoms with E-state index in [2.05, 4.69) is 10.3 Å². The third-order valence-corrected chi connectivity index (χ3v) is 3.84. The number of nitrogens with one attached hydrogen (secondary N) is 1. The minimum atomic E-state index is -0.393. The lowest BCUT2D eigenvalue weighted by molar-refractivity contribution is -0.113. The monoisotopic (exact) mass is 312 g/mol. The second-order valence-corrected chi connectivity index (χ2v) is 5.51. The molecule has 2 aromatic heterocycles. The van der Waals surface area contributed by atoms with Crippen LogP contribution in [-0.4, -0.2) is 16.6 Å². The molecule has 0 aliphatic rings. The standard InChI is InChI=1S/C16H12N2O3S/c19-14(10-22-15-3-1-2-8-17-15)18-12-5-6-13-11(9-12)4-7-16(20)21-13/h1-9H,10H2,(H,18,19). The number of nitrogens with zero attached hydrogens (tertiary/aromatic N) is 1. The Morgan fingerprint density at radius 1 is 1.18 bits per heavy atom. The Kier molecular flexibility index (Phi) is 4.20. The Labute approximate surface area is 130 Å². The maximum atomic E-state index is 11.9. The van der Waals surface area contributed by atoms with E-state index in [9.17, 15) is 9.59 Å². The average Bonchev–Trinajstić information content (AvgIpc) is 2.54. The number of aromatic nitrogens is 1. The van der Waals surface area contributed by atoms with E-state index >= 15 is 0 Å². The van der Waals surface area contributed by atoms with Gasteiger partial charge < -0.3 is 9.73 Å². The Morgan fingerprint density at radius 2 is 2.09 bits per heavy atom. The SMILES string of the molecule is O=C(CSc1ccccn1)Nc1ccc2oc(=O)ccc2c1. The summed E-state index contributed by atoms with van der Waals surface area (Å²) in [6, 6.07) is 13.7. The molecule has 0 saturated carbocycles. The molecule has 0 atom stereocenters. The lowest BCUT2D eigenvalue weighted by Crippen LogP contribution is -2.14. The van der Waals surface area contributed by atoms with Gasteiger partial charge in [-0.05, 0) is 36.4 Å². The van der Waals surface area contributed by atoms with E-state index in [-0.39, 0.29) is 11.7 Å². The molecule has 6 heteroatoms. The van der Waals surface area contributed by atoms with Crippen molar-refractivity contribution in [1.29, 1.82) is 0 Å². The summed E-state index contributed by atoms with van der Waals surface area (Å²) in [5.74, 6) is 0.159. The molecule has 3 aromatic rings. The van der Waals surface area contributed by atoms with Crippen molar-refractivity contribution in [3.63, 3.8) is 0 Å². The summed E-state index contributed by atoms with van der Waals surface area (Å²) in [4.78, 5) is 27.2. The molecule has 1 aromatic carbocycles. The topological polar surface area (TPSA) is 72.2 Å². The zero-order valence-corrected chi connectivity index (χ0v) is 12.3. The first-order valence-corrected chi connectivity index (χ1v) is 7.57. The molecular formula is C16H12N2O3S. The van der Waals surface area contributed by atoms with E-state index in [1.165, 1.54) is 17.8 Å². The molecule has 5 nitrogen and oxygen atoms in total. The van der Waals surface area contributed by atoms with Crippen molar-refractivity contribution in [2.24, 2.45) is 0 Å². The molecule has 0 saturated heterocycles. The second kappa shape index (κ2) is 6.44. The van der Waals surface area contributed by atoms with E-state index in [0.29, 0.717) is 11.3 Å². The summed E-state index contributed by atoms with van der Waals surface area (Å²) < 4.78 is 5.05. The third kappa shape index (κ3) is 3.53. The van der Waals surface area contributed by atoms with Gasteiger partial charge in [0.05, 0.1) is 10.8 Å². The van der Waals surface area contributed by atoms with Crippen molar-refractivity contribution in [3.8, 4) is 0 Å². The Bertz CT molecular complexity index is 862. The Hall–Kier alpha value is -2.60. The van der Waals surface area contributed by atoms with Gasteiger partial charge in [0, 0.05) is 23.3 Å². The minimum absolute atomic E-state index is 0.118. The number of hydrogen-bond donors (Lipinski definition) is 1. The lowest BCUT2D eigenvalue weighted by Gasteiger charge is -2.05. The summed E-state index contributed by atoms with van der Waals surface area (Å²) in [6.07, 6.45) is 1.69. The predicted octanol–water partition coefficient (Wildman–Crippen LogP) is 2.92. The maximum absolute atomic E-state index is 11.9. The molecule has 110 valence electrons. The fourth-order valence-electron chi connectivity index (χ4n) is 1.92. The highest BCUT2D eigenvalue weighted by molar-refractivity contribution is 7.99. The highest BCUT2D eigenvalue weighted by Crippen LogP contribution is 2.19. The summed E-state index contributed by atoms with van der Waals surface area (Å²) >= 11 is 1.37. The molecule has 0 radical (unpaired) electrons. The number of hydrogen-bond acceptors (Lipinski definition) is 5. The van der Waals surface area contributed by atoms with E-state index in [4.69, 9.17) is 4.42 Å². The first-order chi connectivity index (χ1) is 10.7. The number of carbonyl (C=O) groups excluding carboxylic acids is 1. The van der Waals surface area contributed by atoms with Crippen molar-refractivity contribution in [3.05, 3.63) is 65.1 Å². The van der Waals surface area contributed by atoms with Crippen LogP contribution in [0, 0.1) is 0 Å². The molecule has 0 aliphatic heterocycles. The average molecular weight is 312 g/mol. The van der Waals surface area contributed by atoms with Crippen molar-refractivity contribution < 1.29 is 9.21 Å². The molecule has 1 N–H and O–H groups in total. The van der Waals surface area contributed by atoms with Crippen LogP contribution in [0.4, 0.5) is 5.69 Å². The highest BCUT2D eigenvalue weighted by atomic mass is 32.2. The normalized spacial score (nSPS) is 10.5. The summed E-state index contributed by atoms with van der Waals surface area (Å²) in [7, 11) is 0. The van der Waals surface area contributed by atoms with Crippen LogP contribution >= 0.6 is 11.8 Å². The summed E-state index contributed by atoms with van der Waals surface area (Å²) in [5, 5.41) is 4.37. The third-order valence-electron chi connectivity index (χ3n) is 2.89. The lowest BCUT2D eigenvalue weighted by atomic mass is 10.2. The maximum Gasteiger partial charge on any atom is 0.336 e. The zero-order chi connectivity index (χ0) is 15.4. The van der Waals surface area contributed by atoms with Crippen LogP contribution in [0.25, 0.3) is 11.0 Å². The quantitative estimate of drug-likeness (QED) is 0.592. The van der Waals surface area contributed by atoms with Gasteiger partial charge in [-0.25, -0.2) is 9.78 Å². The van der Waals surface area contributed by atoms with E-state index in [0.717, 1.165) is 10.4 Å². The van der Waals surface area contributed by atoms with Crippen LogP contribution in [-0.2, 0) is 4.79 Å². The summed E-state index contributed by atoms with van der Waals surface area (Å²) in [6.45, 7) is 0. The van der Waals surface area contributed by atoms with Gasteiger partial charge in [0.2, 0.25) is 5.91 Å². The van der Waals surface area contributed by atoms with E-state index in [1.54, 1.807) is 30.5 Å². The van der Waals surface area contributed by atoms with Crippen LogP contribution in [0.2, 0.25) is 0 Å². The van der Waals surface area contributed by atoms with Crippen LogP contribution < -0.4 is 10.9 Å². The van der Waals surface area contributed by atoms with Crippen molar-refractivity contribution in [2.75, 3.05) is 11.1 Å². The highest BCUT2D eigenvalue weighted by Gasteiger charge is 2.05. The van der Waals surface area contributed by atoms with Crippen molar-refractivity contribution in [1.82, 2.24) is 4.98 Å². The summed E-state index contributed by atoms with van der Waals surface area (Å²) in [5.41, 5.74) is 0.761. The van der Waals surface area contributed by atoms with E-state index < -0.39 is 5.63 Å². The first kappa shape index (κ1) is 14.3. The van der Waals surface area contributed by atoms with Gasteiger partial charge in [-0.3, -0.25) is 4.79 Å². The van der Waals surface area contributed by atoms with Gasteiger partial charge in [-0.15, -0.1) is 0 Å². The molecule has 22 heavy (non-hydrogen) atoms. The fraction of sp³-hybridized carbons (Fsp3) is 0.0625. The molecule has 3 rings (SSSR count). The largest absolute Gasteiger partial charge is 0.423 e. The van der Waals surface area contributed by atoms with Gasteiger partial charge in [-0.2, -0.15) is 0 Å². The fourth-order valence-corrected chi connectivity index (χ4v) is 2.58. The molecule has 0 aliphatic carbocycles. The second-order valence-electron chi connectivity index (χ2n) is 4.51. The van der Waals surface area contributed by atoms with Gasteiger partial charge in [0.1, 0.15) is 5.58 Å². The number of amides is 1. The first-order valence-electron chi connectivity index (χ1n) is 6.58. The minimum Gasteiger partial charge on any atom is -0.423 e. The number of thioether (sulfide) groups is 1. The smallest absolute Gasteiger partial charge is 0.336 e. The number of carbonyl (C=O) groups is 1. The zero-order valence-electron chi connectivity index (χ0n) is 11.5. The number of rotatable bonds is 4. The predicted molar refractivity (Wildman–Crippen MR) is 86.1 cm³/mol. The van der Waals surface area contributed by atoms with Crippen LogP contribution in [0.15, 0.2) is 69.0 Å². The molecule has 0 fully saturated rings. The van der Waals surface area contributed by atoms with Gasteiger partial charge >= 0.3 is 5.63 Å². The van der Waals surface area contributed by atoms with Crippen LogP contribution in [0.5, 0.6) is 0 Å². The molecule has 0 bridgehead atoms. The van der Waals surface area contributed by atoms with Gasteiger partial charge in [0.25, 0.3) is 0 Å². The van der Waals surface area contributed by atoms with Crippen molar-refractivity contribution in [2.45, 2.75) is 5.03 Å². The molecular weight excluding hydrogens is 300 g/mol. The molecule has 2 heterocycles. The van der Waals surface area contributed by atoms with Crippen LogP contribution in [0.1, 0.15) is 0 Å². The van der Waals surface area contributed by atoms with Crippen LogP contribution in [0.3, 0.4) is 0 Å². The molecule has 0 spiro atoms. The van der Waals surface area contributed by atoms with Crippen molar-refractivity contribution >= 4 is 34.3 Å². The number of fused-ring (bicyclic) bond motifs is 1. The Morgan fingerprint density at radius 3 is 2.91 bits per heavy atom. The number of anilines is 1. The van der Waals surface area contributed by atoms with Gasteiger partial charge in [0.15, 0.2) is 0 Å². The molecule has 1 amide bonds.